The molecule has 0 radical (unpaired) electrons. The van der Waals surface area contributed by atoms with E-state index in [4.69, 9.17) is 0 Å². The lowest BCUT2D eigenvalue weighted by atomic mass is 9.99. The summed E-state index contributed by atoms with van der Waals surface area (Å²) in [5.74, 6) is 0. The first-order valence-corrected chi connectivity index (χ1v) is 19.2. The number of hydrogen-bond donors (Lipinski definition) is 0. The van der Waals surface area contributed by atoms with E-state index in [0.29, 0.717) is 0 Å². The Kier molecular flexibility index (Phi) is 8.09. The summed E-state index contributed by atoms with van der Waals surface area (Å²) in [5.41, 5.74) is 13.0. The van der Waals surface area contributed by atoms with Crippen molar-refractivity contribution in [1.29, 1.82) is 0 Å². The fourth-order valence-electron chi connectivity index (χ4n) is 7.64. The van der Waals surface area contributed by atoms with Gasteiger partial charge in [0.15, 0.2) is 0 Å². The number of benzene rings is 9. The summed E-state index contributed by atoms with van der Waals surface area (Å²) < 4.78 is 2.65. The second-order valence-corrected chi connectivity index (χ2v) is 14.9. The third-order valence-corrected chi connectivity index (χ3v) is 11.6. The van der Waals surface area contributed by atoms with Gasteiger partial charge >= 0.3 is 0 Å². The lowest BCUT2D eigenvalue weighted by Gasteiger charge is -2.26. The van der Waals surface area contributed by atoms with Crippen LogP contribution >= 0.6 is 11.3 Å². The summed E-state index contributed by atoms with van der Waals surface area (Å²) in [6, 6.07) is 77.1. The molecule has 0 N–H and O–H groups in total. The number of rotatable bonds is 7. The minimum Gasteiger partial charge on any atom is -0.310 e. The topological polar surface area (TPSA) is 3.24 Å². The van der Waals surface area contributed by atoms with Gasteiger partial charge in [0.25, 0.3) is 0 Å². The molecule has 10 rings (SSSR count). The molecule has 0 aliphatic rings. The number of nitrogens with zero attached hydrogens (tertiary/aromatic N) is 1. The number of fused-ring (bicyclic) bond motifs is 4. The van der Waals surface area contributed by atoms with Gasteiger partial charge in [-0.2, -0.15) is 0 Å². The Balaban J connectivity index is 1.05. The molecule has 0 aliphatic carbocycles. The first-order valence-electron chi connectivity index (χ1n) is 18.4. The monoisotopic (exact) mass is 705 g/mol. The second-order valence-electron chi connectivity index (χ2n) is 13.8. The van der Waals surface area contributed by atoms with Crippen molar-refractivity contribution in [2.45, 2.75) is 0 Å². The van der Waals surface area contributed by atoms with Gasteiger partial charge in [-0.25, -0.2) is 0 Å². The average Bonchev–Trinajstić information content (AvgIpc) is 3.61. The van der Waals surface area contributed by atoms with E-state index in [9.17, 15) is 0 Å². The molecule has 0 atom stereocenters. The minimum atomic E-state index is 1.11. The normalized spacial score (nSPS) is 11.3. The molecule has 0 spiro atoms. The molecule has 10 aromatic rings. The summed E-state index contributed by atoms with van der Waals surface area (Å²) in [6.07, 6.45) is 0. The maximum atomic E-state index is 2.39. The highest BCUT2D eigenvalue weighted by Crippen LogP contribution is 2.41. The van der Waals surface area contributed by atoms with Gasteiger partial charge in [0, 0.05) is 37.2 Å². The maximum absolute atomic E-state index is 2.39. The van der Waals surface area contributed by atoms with Crippen molar-refractivity contribution in [3.63, 3.8) is 0 Å². The van der Waals surface area contributed by atoms with E-state index >= 15 is 0 Å². The van der Waals surface area contributed by atoms with Crippen molar-refractivity contribution in [2.75, 3.05) is 4.90 Å². The van der Waals surface area contributed by atoms with E-state index in [-0.39, 0.29) is 0 Å². The average molecular weight is 706 g/mol. The zero-order valence-corrected chi connectivity index (χ0v) is 30.4. The molecule has 0 amide bonds. The third kappa shape index (κ3) is 6.03. The molecular weight excluding hydrogens is 671 g/mol. The van der Waals surface area contributed by atoms with Crippen molar-refractivity contribution in [2.24, 2.45) is 0 Å². The van der Waals surface area contributed by atoms with Crippen LogP contribution in [0.3, 0.4) is 0 Å². The summed E-state index contributed by atoms with van der Waals surface area (Å²) in [4.78, 5) is 2.39. The molecule has 54 heavy (non-hydrogen) atoms. The van der Waals surface area contributed by atoms with Gasteiger partial charge < -0.3 is 4.90 Å². The fraction of sp³-hybridized carbons (Fsp3) is 0. The van der Waals surface area contributed by atoms with Gasteiger partial charge in [-0.05, 0) is 110 Å². The number of anilines is 3. The summed E-state index contributed by atoms with van der Waals surface area (Å²) in [5, 5.41) is 5.12. The van der Waals surface area contributed by atoms with E-state index < -0.39 is 0 Å². The van der Waals surface area contributed by atoms with Crippen LogP contribution in [0.25, 0.3) is 75.5 Å². The van der Waals surface area contributed by atoms with Crippen LogP contribution in [-0.4, -0.2) is 0 Å². The molecule has 0 aliphatic heterocycles. The highest BCUT2D eigenvalue weighted by molar-refractivity contribution is 7.25. The van der Waals surface area contributed by atoms with Gasteiger partial charge in [-0.1, -0.05) is 158 Å². The predicted octanol–water partition coefficient (Wildman–Crippen LogP) is 15.3. The first kappa shape index (κ1) is 32.0. The Morgan fingerprint density at radius 1 is 0.259 bits per heavy atom. The molecule has 0 saturated carbocycles. The second kappa shape index (κ2) is 13.7. The number of hydrogen-bond acceptors (Lipinski definition) is 2. The zero-order chi connectivity index (χ0) is 35.8. The van der Waals surface area contributed by atoms with Crippen LogP contribution in [-0.2, 0) is 0 Å². The van der Waals surface area contributed by atoms with Crippen LogP contribution in [0, 0.1) is 0 Å². The predicted molar refractivity (Wildman–Crippen MR) is 233 cm³/mol. The van der Waals surface area contributed by atoms with E-state index in [1.807, 2.05) is 11.3 Å². The van der Waals surface area contributed by atoms with Crippen molar-refractivity contribution < 1.29 is 0 Å². The molecule has 254 valence electrons. The summed E-state index contributed by atoms with van der Waals surface area (Å²) in [7, 11) is 0. The Labute approximate surface area is 319 Å². The van der Waals surface area contributed by atoms with Crippen molar-refractivity contribution in [3.8, 4) is 44.5 Å². The molecule has 1 heterocycles. The van der Waals surface area contributed by atoms with Crippen LogP contribution in [0.4, 0.5) is 17.1 Å². The van der Waals surface area contributed by atoms with Crippen LogP contribution < -0.4 is 4.90 Å². The van der Waals surface area contributed by atoms with Gasteiger partial charge in [-0.15, -0.1) is 11.3 Å². The minimum absolute atomic E-state index is 1.11. The lowest BCUT2D eigenvalue weighted by molar-refractivity contribution is 1.29. The Morgan fingerprint density at radius 3 is 1.37 bits per heavy atom. The van der Waals surface area contributed by atoms with Gasteiger partial charge in [0.1, 0.15) is 0 Å². The van der Waals surface area contributed by atoms with Gasteiger partial charge in [-0.3, -0.25) is 0 Å². The highest BCUT2D eigenvalue weighted by atomic mass is 32.1. The lowest BCUT2D eigenvalue weighted by Crippen LogP contribution is -2.10. The number of thiophene rings is 1. The molecule has 0 unspecified atom stereocenters. The first-order chi connectivity index (χ1) is 26.7. The van der Waals surface area contributed by atoms with Gasteiger partial charge in [0.05, 0.1) is 0 Å². The van der Waals surface area contributed by atoms with E-state index in [0.717, 1.165) is 17.1 Å². The highest BCUT2D eigenvalue weighted by Gasteiger charge is 2.16. The largest absolute Gasteiger partial charge is 0.310 e. The smallest absolute Gasteiger partial charge is 0.0468 e. The zero-order valence-electron chi connectivity index (χ0n) is 29.6. The van der Waals surface area contributed by atoms with E-state index in [1.54, 1.807) is 0 Å². The fourth-order valence-corrected chi connectivity index (χ4v) is 8.78. The van der Waals surface area contributed by atoms with E-state index in [1.165, 1.54) is 75.5 Å². The molecular formula is C52H35NS. The Bertz CT molecular complexity index is 2890. The van der Waals surface area contributed by atoms with Crippen LogP contribution in [0.5, 0.6) is 0 Å². The molecule has 9 aromatic carbocycles. The molecule has 1 aromatic heterocycles. The molecule has 0 fully saturated rings. The van der Waals surface area contributed by atoms with Crippen LogP contribution in [0.1, 0.15) is 0 Å². The van der Waals surface area contributed by atoms with Crippen molar-refractivity contribution >= 4 is 59.3 Å². The van der Waals surface area contributed by atoms with Crippen molar-refractivity contribution in [3.05, 3.63) is 212 Å². The van der Waals surface area contributed by atoms with Crippen molar-refractivity contribution in [1.82, 2.24) is 0 Å². The third-order valence-electron chi connectivity index (χ3n) is 10.5. The Hall–Kier alpha value is -6.74. The van der Waals surface area contributed by atoms with Crippen LogP contribution in [0.15, 0.2) is 212 Å². The summed E-state index contributed by atoms with van der Waals surface area (Å²) >= 11 is 1.87. The summed E-state index contributed by atoms with van der Waals surface area (Å²) in [6.45, 7) is 0. The van der Waals surface area contributed by atoms with Crippen LogP contribution in [0.2, 0.25) is 0 Å². The quantitative estimate of drug-likeness (QED) is 0.160. The van der Waals surface area contributed by atoms with E-state index in [2.05, 4.69) is 217 Å². The SMILES string of the molecule is c1ccc(-c2ccc(-c3ccc(N(c4cccc(-c5ccc(-c6ccccc6)cc5)c4)c4ccc5cc6sc7ccccc7c6cc5c4)cc3)cc2)cc1. The Morgan fingerprint density at radius 2 is 0.741 bits per heavy atom. The standard InChI is InChI=1S/C52H35NS/c1-3-10-36(11-4-1)38-18-20-40(21-19-38)41-26-29-46(30-27-41)53(47-15-9-14-43(32-47)42-24-22-39(23-25-42)37-12-5-2-6-13-37)48-31-28-44-35-52-50(34-45(44)33-48)49-16-7-8-17-51(49)54-52/h1-35H. The molecule has 0 saturated heterocycles. The molecule has 0 bridgehead atoms. The van der Waals surface area contributed by atoms with Gasteiger partial charge in [0.2, 0.25) is 0 Å². The maximum Gasteiger partial charge on any atom is 0.0468 e. The molecule has 1 nitrogen and oxygen atoms in total. The molecule has 2 heteroatoms.